The van der Waals surface area contributed by atoms with Crippen LogP contribution in [0.1, 0.15) is 48.8 Å². The van der Waals surface area contributed by atoms with E-state index in [1.54, 1.807) is 17.8 Å². The molecule has 32 heavy (non-hydrogen) atoms. The van der Waals surface area contributed by atoms with E-state index >= 15 is 0 Å². The number of thioether (sulfide) groups is 1. The van der Waals surface area contributed by atoms with Crippen LogP contribution in [0.5, 0.6) is 0 Å². The molecule has 0 radical (unpaired) electrons. The number of hydrogen-bond acceptors (Lipinski definition) is 3. The molecule has 1 fully saturated rings. The Kier molecular flexibility index (Phi) is 6.00. The Morgan fingerprint density at radius 2 is 1.84 bits per heavy atom. The zero-order chi connectivity index (χ0) is 22.1. The van der Waals surface area contributed by atoms with E-state index in [0.717, 1.165) is 57.6 Å². The van der Waals surface area contributed by atoms with Gasteiger partial charge >= 0.3 is 0 Å². The average molecular weight is 463 g/mol. The molecule has 3 aromatic rings. The fourth-order valence-corrected chi connectivity index (χ4v) is 6.43. The van der Waals surface area contributed by atoms with E-state index in [1.807, 2.05) is 28.8 Å². The summed E-state index contributed by atoms with van der Waals surface area (Å²) in [6.07, 6.45) is 8.48. The molecule has 1 heterocycles. The summed E-state index contributed by atoms with van der Waals surface area (Å²) in [4.78, 5) is 19.2. The lowest BCUT2D eigenvalue weighted by Gasteiger charge is -2.42. The van der Waals surface area contributed by atoms with E-state index in [4.69, 9.17) is 16.6 Å². The van der Waals surface area contributed by atoms with Crippen molar-refractivity contribution in [2.75, 3.05) is 0 Å². The van der Waals surface area contributed by atoms with Crippen molar-refractivity contribution in [3.8, 4) is 11.3 Å². The van der Waals surface area contributed by atoms with Crippen molar-refractivity contribution < 1.29 is 0 Å². The molecule has 3 nitrogen and oxygen atoms in total. The monoisotopic (exact) mass is 462 g/mol. The van der Waals surface area contributed by atoms with Crippen molar-refractivity contribution >= 4 is 23.4 Å². The third-order valence-corrected chi connectivity index (χ3v) is 8.17. The molecule has 1 saturated carbocycles. The van der Waals surface area contributed by atoms with Crippen molar-refractivity contribution in [3.05, 3.63) is 93.3 Å². The number of rotatable bonds is 5. The molecule has 0 amide bonds. The van der Waals surface area contributed by atoms with Crippen molar-refractivity contribution in [1.82, 2.24) is 9.55 Å². The van der Waals surface area contributed by atoms with Crippen molar-refractivity contribution in [3.63, 3.8) is 0 Å². The van der Waals surface area contributed by atoms with Gasteiger partial charge < -0.3 is 0 Å². The maximum absolute atomic E-state index is 14.0. The Morgan fingerprint density at radius 1 is 1.09 bits per heavy atom. The first kappa shape index (κ1) is 21.5. The standard InChI is InChI=1S/C27H27ClN2OS/c1-2-16-30-25(31)23-24(29-26(30)32-18-19-10-12-21(28)13-11-19)22-9-5-4-8-20(22)17-27(23)14-6-3-7-15-27/h2,4-5,8-13H,1,3,6-7,14-18H2. The molecule has 2 aliphatic rings. The van der Waals surface area contributed by atoms with Gasteiger partial charge in [0, 0.05) is 28.3 Å². The minimum atomic E-state index is -0.0890. The molecule has 2 aromatic carbocycles. The Hall–Kier alpha value is -2.30. The molecule has 1 spiro atoms. The van der Waals surface area contributed by atoms with Crippen LogP contribution in [0.25, 0.3) is 11.3 Å². The molecule has 0 aliphatic heterocycles. The SMILES string of the molecule is C=CCn1c(SCc2ccc(Cl)cc2)nc2c(c1=O)C1(CCCCC1)Cc1ccccc1-2. The van der Waals surface area contributed by atoms with Gasteiger partial charge in [0.2, 0.25) is 0 Å². The van der Waals surface area contributed by atoms with Gasteiger partial charge in [-0.3, -0.25) is 9.36 Å². The van der Waals surface area contributed by atoms with Crippen LogP contribution in [0.3, 0.4) is 0 Å². The second-order valence-electron chi connectivity index (χ2n) is 8.91. The number of allylic oxidation sites excluding steroid dienone is 1. The molecule has 2 aliphatic carbocycles. The van der Waals surface area contributed by atoms with Gasteiger partial charge in [-0.25, -0.2) is 4.98 Å². The van der Waals surface area contributed by atoms with Crippen molar-refractivity contribution in [1.29, 1.82) is 0 Å². The molecule has 0 bridgehead atoms. The first-order valence-corrected chi connectivity index (χ1v) is 12.7. The van der Waals surface area contributed by atoms with Crippen LogP contribution in [0, 0.1) is 0 Å². The number of aromatic nitrogens is 2. The van der Waals surface area contributed by atoms with Gasteiger partial charge in [-0.05, 0) is 42.5 Å². The number of halogens is 1. The van der Waals surface area contributed by atoms with E-state index in [-0.39, 0.29) is 11.0 Å². The third kappa shape index (κ3) is 3.84. The van der Waals surface area contributed by atoms with E-state index < -0.39 is 0 Å². The minimum absolute atomic E-state index is 0.0890. The third-order valence-electron chi connectivity index (χ3n) is 6.87. The van der Waals surface area contributed by atoms with E-state index in [2.05, 4.69) is 30.8 Å². The fraction of sp³-hybridized carbons (Fsp3) is 0.333. The van der Waals surface area contributed by atoms with Crippen LogP contribution < -0.4 is 5.56 Å². The summed E-state index contributed by atoms with van der Waals surface area (Å²) in [5.74, 6) is 0.729. The summed E-state index contributed by atoms with van der Waals surface area (Å²) < 4.78 is 1.83. The predicted molar refractivity (Wildman–Crippen MR) is 134 cm³/mol. The number of nitrogens with zero attached hydrogens (tertiary/aromatic N) is 2. The summed E-state index contributed by atoms with van der Waals surface area (Å²) in [5.41, 5.74) is 5.46. The van der Waals surface area contributed by atoms with Crippen LogP contribution in [-0.4, -0.2) is 9.55 Å². The molecule has 0 saturated heterocycles. The summed E-state index contributed by atoms with van der Waals surface area (Å²) in [7, 11) is 0. The molecular formula is C27H27ClN2OS. The molecule has 0 unspecified atom stereocenters. The maximum atomic E-state index is 14.0. The molecule has 0 atom stereocenters. The van der Waals surface area contributed by atoms with Crippen LogP contribution in [0.15, 0.2) is 71.1 Å². The Morgan fingerprint density at radius 3 is 2.59 bits per heavy atom. The highest BCUT2D eigenvalue weighted by molar-refractivity contribution is 7.98. The zero-order valence-corrected chi connectivity index (χ0v) is 19.7. The zero-order valence-electron chi connectivity index (χ0n) is 18.1. The van der Waals surface area contributed by atoms with E-state index in [9.17, 15) is 4.79 Å². The molecule has 1 aromatic heterocycles. The fourth-order valence-electron chi connectivity index (χ4n) is 5.35. The summed E-state index contributed by atoms with van der Waals surface area (Å²) >= 11 is 7.64. The Labute approximate surface area is 198 Å². The number of fused-ring (bicyclic) bond motifs is 4. The van der Waals surface area contributed by atoms with Crippen molar-refractivity contribution in [2.24, 2.45) is 0 Å². The largest absolute Gasteiger partial charge is 0.283 e. The maximum Gasteiger partial charge on any atom is 0.258 e. The van der Waals surface area contributed by atoms with Gasteiger partial charge in [0.1, 0.15) is 0 Å². The normalized spacial score (nSPS) is 16.4. The molecule has 0 N–H and O–H groups in total. The number of hydrogen-bond donors (Lipinski definition) is 0. The highest BCUT2D eigenvalue weighted by atomic mass is 35.5. The minimum Gasteiger partial charge on any atom is -0.283 e. The molecule has 5 heteroatoms. The van der Waals surface area contributed by atoms with E-state index in [1.165, 1.54) is 24.8 Å². The second kappa shape index (κ2) is 8.92. The first-order valence-electron chi connectivity index (χ1n) is 11.3. The lowest BCUT2D eigenvalue weighted by atomic mass is 9.62. The van der Waals surface area contributed by atoms with Gasteiger partial charge in [0.05, 0.1) is 11.3 Å². The predicted octanol–water partition coefficient (Wildman–Crippen LogP) is 6.80. The van der Waals surface area contributed by atoms with Gasteiger partial charge in [0.25, 0.3) is 5.56 Å². The van der Waals surface area contributed by atoms with Gasteiger partial charge in [-0.2, -0.15) is 0 Å². The second-order valence-corrected chi connectivity index (χ2v) is 10.3. The van der Waals surface area contributed by atoms with Crippen molar-refractivity contribution in [2.45, 2.75) is 61.4 Å². The smallest absolute Gasteiger partial charge is 0.258 e. The highest BCUT2D eigenvalue weighted by Crippen LogP contribution is 2.48. The van der Waals surface area contributed by atoms with Crippen LogP contribution in [0.4, 0.5) is 0 Å². The average Bonchev–Trinajstić information content (AvgIpc) is 2.81. The summed E-state index contributed by atoms with van der Waals surface area (Å²) in [6.45, 7) is 4.38. The molecule has 164 valence electrons. The molecular weight excluding hydrogens is 436 g/mol. The summed E-state index contributed by atoms with van der Waals surface area (Å²) in [6, 6.07) is 16.4. The topological polar surface area (TPSA) is 34.9 Å². The number of benzene rings is 2. The highest BCUT2D eigenvalue weighted by Gasteiger charge is 2.43. The van der Waals surface area contributed by atoms with Gasteiger partial charge in [0.15, 0.2) is 5.16 Å². The van der Waals surface area contributed by atoms with Crippen LogP contribution >= 0.6 is 23.4 Å². The van der Waals surface area contributed by atoms with Crippen LogP contribution in [-0.2, 0) is 24.1 Å². The van der Waals surface area contributed by atoms with Gasteiger partial charge in [-0.15, -0.1) is 6.58 Å². The Bertz CT molecular complexity index is 1210. The van der Waals surface area contributed by atoms with Crippen LogP contribution in [0.2, 0.25) is 5.02 Å². The lowest BCUT2D eigenvalue weighted by Crippen LogP contribution is -2.43. The lowest BCUT2D eigenvalue weighted by molar-refractivity contribution is 0.282. The molecule has 5 rings (SSSR count). The van der Waals surface area contributed by atoms with Gasteiger partial charge in [-0.1, -0.05) is 85.1 Å². The quantitative estimate of drug-likeness (QED) is 0.237. The first-order chi connectivity index (χ1) is 15.6. The Balaban J connectivity index is 1.65. The van der Waals surface area contributed by atoms with E-state index in [0.29, 0.717) is 6.54 Å². The summed E-state index contributed by atoms with van der Waals surface area (Å²) in [5, 5.41) is 1.48.